The molecule has 0 saturated carbocycles. The van der Waals surface area contributed by atoms with Gasteiger partial charge in [0.2, 0.25) is 0 Å². The number of halogens is 2. The van der Waals surface area contributed by atoms with Gasteiger partial charge in [-0.1, -0.05) is 0 Å². The topological polar surface area (TPSA) is 83.2 Å². The van der Waals surface area contributed by atoms with Gasteiger partial charge < -0.3 is 15.0 Å². The molecule has 1 fully saturated rings. The van der Waals surface area contributed by atoms with Crippen molar-refractivity contribution in [2.45, 2.75) is 19.4 Å². The monoisotopic (exact) mass is 451 g/mol. The van der Waals surface area contributed by atoms with E-state index in [0.717, 1.165) is 6.42 Å². The summed E-state index contributed by atoms with van der Waals surface area (Å²) in [5.41, 5.74) is 1.32. The van der Waals surface area contributed by atoms with Crippen LogP contribution in [0.25, 0.3) is 17.1 Å². The Hall–Kier alpha value is -3.77. The number of likely N-dealkylation sites (N-methyl/N-ethyl adjacent to an activating group) is 1. The van der Waals surface area contributed by atoms with Crippen LogP contribution in [0.2, 0.25) is 0 Å². The lowest BCUT2D eigenvalue weighted by Crippen LogP contribution is -2.34. The molecule has 0 bridgehead atoms. The predicted octanol–water partition coefficient (Wildman–Crippen LogP) is 3.44. The molecule has 7 nitrogen and oxygen atoms in total. The van der Waals surface area contributed by atoms with Crippen LogP contribution in [0.4, 0.5) is 8.78 Å². The standard InChI is InChI=1S/C24H23F2N5O2/c1-14-22(24(32)30-9-8-17(13-30)28-2)31(18-6-7-21(33-3)20(26)11-18)23(29-14)15-4-5-16(12-27)19(25)10-15/h4-7,10-11,17,28H,8-9,13H2,1-3H3/t17-/m0/s1. The van der Waals surface area contributed by atoms with Gasteiger partial charge in [0.1, 0.15) is 23.4 Å². The number of aryl methyl sites for hydroxylation is 1. The maximum absolute atomic E-state index is 14.6. The molecule has 1 N–H and O–H groups in total. The van der Waals surface area contributed by atoms with Crippen molar-refractivity contribution in [2.24, 2.45) is 0 Å². The van der Waals surface area contributed by atoms with Crippen LogP contribution >= 0.6 is 0 Å². The van der Waals surface area contributed by atoms with Gasteiger partial charge in [0.15, 0.2) is 11.6 Å². The number of aromatic nitrogens is 2. The fraction of sp³-hybridized carbons (Fsp3) is 0.292. The van der Waals surface area contributed by atoms with Gasteiger partial charge in [0, 0.05) is 30.8 Å². The molecule has 3 aromatic rings. The summed E-state index contributed by atoms with van der Waals surface area (Å²) in [5.74, 6) is -1.21. The van der Waals surface area contributed by atoms with Crippen molar-refractivity contribution in [1.29, 1.82) is 5.26 Å². The molecule has 4 rings (SSSR count). The van der Waals surface area contributed by atoms with Crippen LogP contribution in [-0.2, 0) is 0 Å². The fourth-order valence-electron chi connectivity index (χ4n) is 4.09. The van der Waals surface area contributed by atoms with E-state index in [4.69, 9.17) is 10.00 Å². The Balaban J connectivity index is 1.90. The van der Waals surface area contributed by atoms with Crippen molar-refractivity contribution >= 4 is 5.91 Å². The molecule has 1 amide bonds. The first-order valence-corrected chi connectivity index (χ1v) is 10.5. The second-order valence-corrected chi connectivity index (χ2v) is 7.86. The third-order valence-electron chi connectivity index (χ3n) is 5.88. The number of imidazole rings is 1. The zero-order chi connectivity index (χ0) is 23.7. The Morgan fingerprint density at radius 1 is 1.24 bits per heavy atom. The first-order chi connectivity index (χ1) is 15.9. The summed E-state index contributed by atoms with van der Waals surface area (Å²) in [6.07, 6.45) is 0.820. The van der Waals surface area contributed by atoms with Gasteiger partial charge in [-0.2, -0.15) is 5.26 Å². The highest BCUT2D eigenvalue weighted by Crippen LogP contribution is 2.31. The summed E-state index contributed by atoms with van der Waals surface area (Å²) in [7, 11) is 3.22. The van der Waals surface area contributed by atoms with E-state index in [1.165, 1.54) is 35.9 Å². The zero-order valence-corrected chi connectivity index (χ0v) is 18.5. The molecule has 0 spiro atoms. The number of benzene rings is 2. The Labute approximate surface area is 190 Å². The third-order valence-corrected chi connectivity index (χ3v) is 5.88. The number of nitrogens with zero attached hydrogens (tertiary/aromatic N) is 4. The SMILES string of the molecule is CN[C@H]1CCN(C(=O)c2c(C)nc(-c3ccc(C#N)c(F)c3)n2-c2ccc(OC)c(F)c2)C1. The summed E-state index contributed by atoms with van der Waals surface area (Å²) in [5, 5.41) is 12.2. The maximum Gasteiger partial charge on any atom is 0.272 e. The van der Waals surface area contributed by atoms with Gasteiger partial charge >= 0.3 is 0 Å². The minimum absolute atomic E-state index is 0.0610. The molecule has 33 heavy (non-hydrogen) atoms. The molecule has 1 aromatic heterocycles. The molecule has 170 valence electrons. The number of carbonyl (C=O) groups excluding carboxylic acids is 1. The largest absolute Gasteiger partial charge is 0.494 e. The summed E-state index contributed by atoms with van der Waals surface area (Å²) >= 11 is 0. The highest BCUT2D eigenvalue weighted by Gasteiger charge is 2.31. The summed E-state index contributed by atoms with van der Waals surface area (Å²) in [6.45, 7) is 2.81. The van der Waals surface area contributed by atoms with Crippen molar-refractivity contribution in [3.63, 3.8) is 0 Å². The van der Waals surface area contributed by atoms with E-state index in [-0.39, 0.29) is 34.8 Å². The van der Waals surface area contributed by atoms with Crippen molar-refractivity contribution in [1.82, 2.24) is 19.8 Å². The molecule has 2 aromatic carbocycles. The molecule has 0 aliphatic carbocycles. The molecule has 1 saturated heterocycles. The van der Waals surface area contributed by atoms with Crippen LogP contribution in [0.15, 0.2) is 36.4 Å². The number of amides is 1. The van der Waals surface area contributed by atoms with Crippen LogP contribution in [0.1, 0.15) is 28.2 Å². The molecule has 0 unspecified atom stereocenters. The number of ether oxygens (including phenoxy) is 1. The number of hydrogen-bond donors (Lipinski definition) is 1. The van der Waals surface area contributed by atoms with Crippen molar-refractivity contribution < 1.29 is 18.3 Å². The fourth-order valence-corrected chi connectivity index (χ4v) is 4.09. The quantitative estimate of drug-likeness (QED) is 0.643. The molecule has 2 heterocycles. The zero-order valence-electron chi connectivity index (χ0n) is 18.5. The Kier molecular flexibility index (Phi) is 6.11. The van der Waals surface area contributed by atoms with Crippen LogP contribution < -0.4 is 10.1 Å². The molecular formula is C24H23F2N5O2. The summed E-state index contributed by atoms with van der Waals surface area (Å²) < 4.78 is 35.6. The predicted molar refractivity (Wildman–Crippen MR) is 118 cm³/mol. The number of carbonyl (C=O) groups is 1. The van der Waals surface area contributed by atoms with Gasteiger partial charge in [-0.05, 0) is 50.7 Å². The minimum Gasteiger partial charge on any atom is -0.494 e. The van der Waals surface area contributed by atoms with Gasteiger partial charge in [-0.15, -0.1) is 0 Å². The summed E-state index contributed by atoms with van der Waals surface area (Å²) in [6, 6.07) is 10.4. The van der Waals surface area contributed by atoms with E-state index in [9.17, 15) is 13.6 Å². The molecule has 1 atom stereocenters. The lowest BCUT2D eigenvalue weighted by atomic mass is 10.1. The molecular weight excluding hydrogens is 428 g/mol. The molecule has 0 radical (unpaired) electrons. The normalized spacial score (nSPS) is 15.5. The van der Waals surface area contributed by atoms with E-state index < -0.39 is 11.6 Å². The second-order valence-electron chi connectivity index (χ2n) is 7.86. The van der Waals surface area contributed by atoms with Gasteiger partial charge in [-0.25, -0.2) is 13.8 Å². The lowest BCUT2D eigenvalue weighted by Gasteiger charge is -2.19. The van der Waals surface area contributed by atoms with Crippen molar-refractivity contribution in [2.75, 3.05) is 27.2 Å². The number of rotatable bonds is 5. The lowest BCUT2D eigenvalue weighted by molar-refractivity contribution is 0.0781. The number of nitrogens with one attached hydrogen (secondary N) is 1. The minimum atomic E-state index is -0.701. The van der Waals surface area contributed by atoms with Crippen LogP contribution in [0.3, 0.4) is 0 Å². The molecule has 1 aliphatic rings. The second kappa shape index (κ2) is 9.00. The average Bonchev–Trinajstić information content (AvgIpc) is 3.43. The Morgan fingerprint density at radius 3 is 2.64 bits per heavy atom. The van der Waals surface area contributed by atoms with Gasteiger partial charge in [0.05, 0.1) is 24.1 Å². The Morgan fingerprint density at radius 2 is 2.03 bits per heavy atom. The number of nitriles is 1. The molecule has 1 aliphatic heterocycles. The third kappa shape index (κ3) is 4.05. The molecule has 9 heteroatoms. The Bertz CT molecular complexity index is 1260. The highest BCUT2D eigenvalue weighted by molar-refractivity contribution is 5.95. The van der Waals surface area contributed by atoms with Gasteiger partial charge in [0.25, 0.3) is 5.91 Å². The van der Waals surface area contributed by atoms with E-state index >= 15 is 0 Å². The van der Waals surface area contributed by atoms with E-state index in [2.05, 4.69) is 10.3 Å². The van der Waals surface area contributed by atoms with Crippen LogP contribution in [0, 0.1) is 29.9 Å². The average molecular weight is 451 g/mol. The van der Waals surface area contributed by atoms with E-state index in [1.807, 2.05) is 7.05 Å². The van der Waals surface area contributed by atoms with Crippen molar-refractivity contribution in [3.05, 3.63) is 65.0 Å². The van der Waals surface area contributed by atoms with Crippen LogP contribution in [-0.4, -0.2) is 53.6 Å². The smallest absolute Gasteiger partial charge is 0.272 e. The van der Waals surface area contributed by atoms with Gasteiger partial charge in [-0.3, -0.25) is 9.36 Å². The summed E-state index contributed by atoms with van der Waals surface area (Å²) in [4.78, 5) is 19.8. The maximum atomic E-state index is 14.6. The first-order valence-electron chi connectivity index (χ1n) is 10.5. The highest BCUT2D eigenvalue weighted by atomic mass is 19.1. The number of methoxy groups -OCH3 is 1. The number of likely N-dealkylation sites (tertiary alicyclic amines) is 1. The first kappa shape index (κ1) is 22.4. The van der Waals surface area contributed by atoms with E-state index in [1.54, 1.807) is 30.0 Å². The van der Waals surface area contributed by atoms with Crippen molar-refractivity contribution in [3.8, 4) is 28.9 Å². The van der Waals surface area contributed by atoms with Crippen LogP contribution in [0.5, 0.6) is 5.75 Å². The number of hydrogen-bond acceptors (Lipinski definition) is 5. The van der Waals surface area contributed by atoms with E-state index in [0.29, 0.717) is 30.0 Å².